The van der Waals surface area contributed by atoms with Crippen LogP contribution < -0.4 is 9.47 Å². The van der Waals surface area contributed by atoms with Crippen molar-refractivity contribution in [3.63, 3.8) is 0 Å². The van der Waals surface area contributed by atoms with Crippen molar-refractivity contribution in [2.24, 2.45) is 0 Å². The van der Waals surface area contributed by atoms with Crippen LogP contribution in [0.2, 0.25) is 0 Å². The van der Waals surface area contributed by atoms with Crippen LogP contribution in [0.15, 0.2) is 18.2 Å². The van der Waals surface area contributed by atoms with Gasteiger partial charge in [0.25, 0.3) is 0 Å². The van der Waals surface area contributed by atoms with Gasteiger partial charge in [-0.2, -0.15) is 0 Å². The minimum Gasteiger partial charge on any atom is -0.493 e. The molecule has 1 rings (SSSR count). The molecule has 0 atom stereocenters. The number of aryl methyl sites for hydroxylation is 1. The predicted molar refractivity (Wildman–Crippen MR) is 62.8 cm³/mol. The van der Waals surface area contributed by atoms with E-state index < -0.39 is 0 Å². The lowest BCUT2D eigenvalue weighted by Crippen LogP contribution is -1.98. The van der Waals surface area contributed by atoms with E-state index in [9.17, 15) is 0 Å². The van der Waals surface area contributed by atoms with Gasteiger partial charge in [-0.3, -0.25) is 0 Å². The normalized spacial score (nSPS) is 10.1. The van der Waals surface area contributed by atoms with Gasteiger partial charge in [0.15, 0.2) is 0 Å². The SMILES string of the molecule is CCCOc1cc(C)cc(OCCC)c1. The number of benzene rings is 1. The first-order valence-corrected chi connectivity index (χ1v) is 5.63. The van der Waals surface area contributed by atoms with Crippen molar-refractivity contribution in [1.82, 2.24) is 0 Å². The van der Waals surface area contributed by atoms with Crippen molar-refractivity contribution in [2.45, 2.75) is 33.6 Å². The van der Waals surface area contributed by atoms with Crippen molar-refractivity contribution >= 4 is 0 Å². The minimum atomic E-state index is 0.761. The minimum absolute atomic E-state index is 0.761. The highest BCUT2D eigenvalue weighted by Gasteiger charge is 2.00. The Morgan fingerprint density at radius 1 is 0.867 bits per heavy atom. The Bertz CT molecular complexity index is 268. The van der Waals surface area contributed by atoms with Crippen LogP contribution in [-0.2, 0) is 0 Å². The van der Waals surface area contributed by atoms with E-state index in [1.165, 1.54) is 5.56 Å². The first-order chi connectivity index (χ1) is 7.26. The summed E-state index contributed by atoms with van der Waals surface area (Å²) in [5.41, 5.74) is 1.18. The summed E-state index contributed by atoms with van der Waals surface area (Å²) >= 11 is 0. The number of hydrogen-bond acceptors (Lipinski definition) is 2. The first-order valence-electron chi connectivity index (χ1n) is 5.63. The molecule has 1 aromatic carbocycles. The van der Waals surface area contributed by atoms with Gasteiger partial charge < -0.3 is 9.47 Å². The van der Waals surface area contributed by atoms with Crippen LogP contribution in [0, 0.1) is 6.92 Å². The van der Waals surface area contributed by atoms with Gasteiger partial charge in [-0.1, -0.05) is 13.8 Å². The average Bonchev–Trinajstić information content (AvgIpc) is 2.23. The van der Waals surface area contributed by atoms with Crippen LogP contribution in [0.3, 0.4) is 0 Å². The Kier molecular flexibility index (Phi) is 5.02. The molecule has 0 unspecified atom stereocenters. The maximum absolute atomic E-state index is 5.58. The Morgan fingerprint density at radius 3 is 1.73 bits per heavy atom. The highest BCUT2D eigenvalue weighted by atomic mass is 16.5. The third kappa shape index (κ3) is 4.24. The Hall–Kier alpha value is -1.18. The zero-order valence-electron chi connectivity index (χ0n) is 9.88. The standard InChI is InChI=1S/C13H20O2/c1-4-6-14-12-8-11(3)9-13(10-12)15-7-5-2/h8-10H,4-7H2,1-3H3. The van der Waals surface area contributed by atoms with Gasteiger partial charge in [0, 0.05) is 6.07 Å². The van der Waals surface area contributed by atoms with Gasteiger partial charge in [-0.25, -0.2) is 0 Å². The molecule has 1 aromatic rings. The summed E-state index contributed by atoms with van der Waals surface area (Å²) in [5.74, 6) is 1.81. The highest BCUT2D eigenvalue weighted by molar-refractivity contribution is 5.37. The summed E-state index contributed by atoms with van der Waals surface area (Å²) in [6.45, 7) is 7.78. The van der Waals surface area contributed by atoms with Crippen molar-refractivity contribution in [2.75, 3.05) is 13.2 Å². The molecule has 2 nitrogen and oxygen atoms in total. The predicted octanol–water partition coefficient (Wildman–Crippen LogP) is 3.57. The van der Waals surface area contributed by atoms with Crippen molar-refractivity contribution in [3.05, 3.63) is 23.8 Å². The van der Waals surface area contributed by atoms with Crippen molar-refractivity contribution in [3.8, 4) is 11.5 Å². The lowest BCUT2D eigenvalue weighted by molar-refractivity contribution is 0.301. The zero-order chi connectivity index (χ0) is 11.1. The molecule has 0 bridgehead atoms. The second-order valence-electron chi connectivity index (χ2n) is 3.68. The van der Waals surface area contributed by atoms with Crippen LogP contribution >= 0.6 is 0 Å². The highest BCUT2D eigenvalue weighted by Crippen LogP contribution is 2.22. The fourth-order valence-electron chi connectivity index (χ4n) is 1.32. The molecule has 0 aliphatic heterocycles. The molecule has 0 N–H and O–H groups in total. The maximum Gasteiger partial charge on any atom is 0.123 e. The molecule has 0 aliphatic carbocycles. The second-order valence-corrected chi connectivity index (χ2v) is 3.68. The molecule has 0 spiro atoms. The fourth-order valence-corrected chi connectivity index (χ4v) is 1.32. The molecule has 0 saturated heterocycles. The summed E-state index contributed by atoms with van der Waals surface area (Å²) in [6.07, 6.45) is 2.05. The quantitative estimate of drug-likeness (QED) is 0.711. The molecule has 84 valence electrons. The largest absolute Gasteiger partial charge is 0.493 e. The Balaban J connectivity index is 2.66. The lowest BCUT2D eigenvalue weighted by Gasteiger charge is -2.09. The molecule has 0 heterocycles. The first kappa shape index (κ1) is 11.9. The maximum atomic E-state index is 5.58. The number of ether oxygens (including phenoxy) is 2. The van der Waals surface area contributed by atoms with Gasteiger partial charge >= 0.3 is 0 Å². The molecule has 15 heavy (non-hydrogen) atoms. The molecular formula is C13H20O2. The molecular weight excluding hydrogens is 188 g/mol. The lowest BCUT2D eigenvalue weighted by atomic mass is 10.2. The van der Waals surface area contributed by atoms with Gasteiger partial charge in [0.05, 0.1) is 13.2 Å². The zero-order valence-corrected chi connectivity index (χ0v) is 9.88. The number of hydrogen-bond donors (Lipinski definition) is 0. The Morgan fingerprint density at radius 2 is 1.33 bits per heavy atom. The van der Waals surface area contributed by atoms with Gasteiger partial charge in [-0.15, -0.1) is 0 Å². The summed E-state index contributed by atoms with van der Waals surface area (Å²) in [5, 5.41) is 0. The molecule has 0 fully saturated rings. The van der Waals surface area contributed by atoms with E-state index in [0.717, 1.165) is 37.6 Å². The molecule has 0 aliphatic rings. The van der Waals surface area contributed by atoms with Crippen LogP contribution in [0.4, 0.5) is 0 Å². The third-order valence-corrected chi connectivity index (χ3v) is 1.97. The van der Waals surface area contributed by atoms with Crippen LogP contribution in [0.5, 0.6) is 11.5 Å². The third-order valence-electron chi connectivity index (χ3n) is 1.97. The van der Waals surface area contributed by atoms with E-state index in [0.29, 0.717) is 0 Å². The van der Waals surface area contributed by atoms with Crippen LogP contribution in [-0.4, -0.2) is 13.2 Å². The summed E-state index contributed by atoms with van der Waals surface area (Å²) < 4.78 is 11.2. The smallest absolute Gasteiger partial charge is 0.123 e. The summed E-state index contributed by atoms with van der Waals surface area (Å²) in [7, 11) is 0. The fraction of sp³-hybridized carbons (Fsp3) is 0.538. The van der Waals surface area contributed by atoms with E-state index in [2.05, 4.69) is 20.8 Å². The van der Waals surface area contributed by atoms with Gasteiger partial charge in [0.2, 0.25) is 0 Å². The molecule has 2 heteroatoms. The summed E-state index contributed by atoms with van der Waals surface area (Å²) in [4.78, 5) is 0. The van der Waals surface area contributed by atoms with Crippen LogP contribution in [0.1, 0.15) is 32.3 Å². The Labute approximate surface area is 92.2 Å². The molecule has 0 aromatic heterocycles. The van der Waals surface area contributed by atoms with Crippen molar-refractivity contribution in [1.29, 1.82) is 0 Å². The van der Waals surface area contributed by atoms with Crippen molar-refractivity contribution < 1.29 is 9.47 Å². The van der Waals surface area contributed by atoms with Gasteiger partial charge in [0.1, 0.15) is 11.5 Å². The summed E-state index contributed by atoms with van der Waals surface area (Å²) in [6, 6.07) is 6.03. The number of rotatable bonds is 6. The van der Waals surface area contributed by atoms with E-state index in [1.54, 1.807) is 0 Å². The second kappa shape index (κ2) is 6.33. The van der Waals surface area contributed by atoms with E-state index >= 15 is 0 Å². The monoisotopic (exact) mass is 208 g/mol. The molecule has 0 radical (unpaired) electrons. The molecule has 0 amide bonds. The average molecular weight is 208 g/mol. The van der Waals surface area contributed by atoms with E-state index in [-0.39, 0.29) is 0 Å². The van der Waals surface area contributed by atoms with Crippen LogP contribution in [0.25, 0.3) is 0 Å². The van der Waals surface area contributed by atoms with Gasteiger partial charge in [-0.05, 0) is 37.5 Å². The topological polar surface area (TPSA) is 18.5 Å². The van der Waals surface area contributed by atoms with E-state index in [1.807, 2.05) is 18.2 Å². The molecule has 0 saturated carbocycles. The van der Waals surface area contributed by atoms with E-state index in [4.69, 9.17) is 9.47 Å².